The smallest absolute Gasteiger partial charge is 0.302 e. The minimum absolute atomic E-state index is 0.0219. The monoisotopic (exact) mass is 687 g/mol. The highest BCUT2D eigenvalue weighted by Gasteiger charge is 2.62. The van der Waals surface area contributed by atoms with Crippen molar-refractivity contribution in [3.05, 3.63) is 47.6 Å². The summed E-state index contributed by atoms with van der Waals surface area (Å²) in [4.78, 5) is 59.5. The molecule has 0 bridgehead atoms. The third-order valence-corrected chi connectivity index (χ3v) is 11.7. The molecule has 3 amide bonds. The van der Waals surface area contributed by atoms with Crippen LogP contribution in [0.2, 0.25) is 0 Å². The Morgan fingerprint density at radius 2 is 1.89 bits per heavy atom. The van der Waals surface area contributed by atoms with Gasteiger partial charge in [0.2, 0.25) is 21.8 Å². The highest BCUT2D eigenvalue weighted by atomic mass is 32.2. The lowest BCUT2D eigenvalue weighted by atomic mass is 10.1. The van der Waals surface area contributed by atoms with Gasteiger partial charge in [-0.15, -0.1) is 11.3 Å². The number of hydrogen-bond acceptors (Lipinski definition) is 10. The number of ether oxygens (including phenoxy) is 1. The summed E-state index contributed by atoms with van der Waals surface area (Å²) < 4.78 is 46.4. The second-order valence-corrected chi connectivity index (χ2v) is 15.5. The first-order chi connectivity index (χ1) is 22.4. The van der Waals surface area contributed by atoms with E-state index in [-0.39, 0.29) is 31.1 Å². The summed E-state index contributed by atoms with van der Waals surface area (Å²) >= 11 is 1.30. The van der Waals surface area contributed by atoms with Crippen molar-refractivity contribution in [3.63, 3.8) is 0 Å². The molecule has 1 saturated heterocycles. The molecular formula is C32H38FN5O7S2. The Morgan fingerprint density at radius 3 is 2.62 bits per heavy atom. The molecule has 2 aromatic rings. The first kappa shape index (κ1) is 33.1. The van der Waals surface area contributed by atoms with Gasteiger partial charge in [0.05, 0.1) is 17.5 Å². The van der Waals surface area contributed by atoms with Gasteiger partial charge in [-0.3, -0.25) is 23.9 Å². The second kappa shape index (κ2) is 13.3. The number of amides is 3. The van der Waals surface area contributed by atoms with E-state index in [1.807, 2.05) is 17.5 Å². The summed E-state index contributed by atoms with van der Waals surface area (Å²) in [6.07, 6.45) is 7.80. The fourth-order valence-electron chi connectivity index (χ4n) is 6.32. The van der Waals surface area contributed by atoms with E-state index in [4.69, 9.17) is 4.74 Å². The SMILES string of the molecule is CC(=O)O[C@@H]1C[C@H]2C(=O)N[C@@]3(C(=O)NS(=O)(=O)C4CC4)C[C@@H]3/C=C\CCCCC[C@H](Nc3nc(-c4ccc(F)cc4)cs3)C(=O)N2C1. The second-order valence-electron chi connectivity index (χ2n) is 12.7. The Kier molecular flexibility index (Phi) is 9.38. The average Bonchev–Trinajstić information content (AvgIpc) is 3.90. The molecule has 3 heterocycles. The van der Waals surface area contributed by atoms with Gasteiger partial charge in [0, 0.05) is 30.2 Å². The molecule has 0 radical (unpaired) electrons. The molecule has 0 spiro atoms. The minimum Gasteiger partial charge on any atom is -0.461 e. The van der Waals surface area contributed by atoms with Gasteiger partial charge in [-0.05, 0) is 62.8 Å². The molecule has 12 nitrogen and oxygen atoms in total. The number of carbonyl (C=O) groups is 4. The van der Waals surface area contributed by atoms with Crippen LogP contribution in [0.15, 0.2) is 41.8 Å². The third-order valence-electron chi connectivity index (χ3n) is 9.12. The Hall–Kier alpha value is -3.85. The number of aromatic nitrogens is 1. The van der Waals surface area contributed by atoms with Gasteiger partial charge in [0.25, 0.3) is 5.91 Å². The number of fused-ring (bicyclic) bond motifs is 2. The van der Waals surface area contributed by atoms with Crippen molar-refractivity contribution >= 4 is 50.2 Å². The first-order valence-electron chi connectivity index (χ1n) is 16.0. The van der Waals surface area contributed by atoms with E-state index in [9.17, 15) is 32.0 Å². The zero-order chi connectivity index (χ0) is 33.3. The van der Waals surface area contributed by atoms with E-state index >= 15 is 0 Å². The summed E-state index contributed by atoms with van der Waals surface area (Å²) in [7, 11) is -3.86. The van der Waals surface area contributed by atoms with Crippen LogP contribution in [0.4, 0.5) is 9.52 Å². The maximum Gasteiger partial charge on any atom is 0.302 e. The zero-order valence-corrected chi connectivity index (χ0v) is 27.6. The molecule has 0 unspecified atom stereocenters. The summed E-state index contributed by atoms with van der Waals surface area (Å²) in [6.45, 7) is 1.23. The summed E-state index contributed by atoms with van der Waals surface area (Å²) in [5.74, 6) is -3.11. The van der Waals surface area contributed by atoms with E-state index in [2.05, 4.69) is 20.3 Å². The van der Waals surface area contributed by atoms with Crippen LogP contribution < -0.4 is 15.4 Å². The molecule has 3 N–H and O–H groups in total. The maximum absolute atomic E-state index is 14.2. The van der Waals surface area contributed by atoms with Crippen LogP contribution in [0, 0.1) is 11.7 Å². The van der Waals surface area contributed by atoms with Crippen molar-refractivity contribution in [1.29, 1.82) is 0 Å². The van der Waals surface area contributed by atoms with Gasteiger partial charge < -0.3 is 20.3 Å². The molecule has 5 atom stereocenters. The molecule has 2 aliphatic carbocycles. The lowest BCUT2D eigenvalue weighted by Crippen LogP contribution is -2.57. The highest BCUT2D eigenvalue weighted by molar-refractivity contribution is 7.91. The minimum atomic E-state index is -3.86. The molecule has 3 fully saturated rings. The molecule has 6 rings (SSSR count). The standard InChI is InChI=1S/C32H38FN5O7S2/c1-19(39)45-23-15-27-28(40)36-32(30(42)37-47(43,44)24-13-14-24)16-21(32)7-5-3-2-4-6-8-25(29(41)38(27)17-23)34-31-35-26(18-46-31)20-9-11-22(33)12-10-20/h5,7,9-12,18,21,23-25,27H,2-4,6,8,13-17H2,1H3,(H,34,35)(H,36,40)(H,37,42)/b7-5-/t21-,23+,25-,27-,32-/m0/s1. The number of anilines is 1. The van der Waals surface area contributed by atoms with Gasteiger partial charge in [-0.25, -0.2) is 17.8 Å². The topological polar surface area (TPSA) is 164 Å². The number of carbonyl (C=O) groups excluding carboxylic acids is 4. The van der Waals surface area contributed by atoms with Crippen molar-refractivity contribution in [2.24, 2.45) is 5.92 Å². The Labute approximate surface area is 276 Å². The molecule has 47 heavy (non-hydrogen) atoms. The van der Waals surface area contributed by atoms with Crippen LogP contribution >= 0.6 is 11.3 Å². The Morgan fingerprint density at radius 1 is 1.13 bits per heavy atom. The molecule has 2 aliphatic heterocycles. The Balaban J connectivity index is 1.26. The van der Waals surface area contributed by atoms with Crippen molar-refractivity contribution < 1.29 is 36.7 Å². The van der Waals surface area contributed by atoms with Crippen molar-refractivity contribution in [2.75, 3.05) is 11.9 Å². The van der Waals surface area contributed by atoms with E-state index in [1.165, 1.54) is 35.3 Å². The van der Waals surface area contributed by atoms with Gasteiger partial charge in [-0.1, -0.05) is 25.0 Å². The maximum atomic E-state index is 14.2. The normalized spacial score (nSPS) is 28.9. The summed E-state index contributed by atoms with van der Waals surface area (Å²) in [5, 5.41) is 7.74. The van der Waals surface area contributed by atoms with E-state index in [1.54, 1.807) is 12.1 Å². The van der Waals surface area contributed by atoms with Crippen LogP contribution in [-0.4, -0.2) is 77.5 Å². The Bertz CT molecular complexity index is 1680. The third kappa shape index (κ3) is 7.51. The molecule has 1 aromatic carbocycles. The summed E-state index contributed by atoms with van der Waals surface area (Å²) in [6, 6.07) is 4.12. The van der Waals surface area contributed by atoms with Crippen LogP contribution in [0.3, 0.4) is 0 Å². The van der Waals surface area contributed by atoms with Gasteiger partial charge in [0.1, 0.15) is 29.5 Å². The number of esters is 1. The van der Waals surface area contributed by atoms with E-state index in [0.29, 0.717) is 36.5 Å². The number of nitrogens with zero attached hydrogens (tertiary/aromatic N) is 2. The molecule has 15 heteroatoms. The number of benzene rings is 1. The first-order valence-corrected chi connectivity index (χ1v) is 18.4. The number of sulfonamides is 1. The van der Waals surface area contributed by atoms with Crippen LogP contribution in [0.25, 0.3) is 11.3 Å². The predicted octanol–water partition coefficient (Wildman–Crippen LogP) is 3.27. The molecule has 252 valence electrons. The lowest BCUT2D eigenvalue weighted by Gasteiger charge is -2.29. The number of rotatable bonds is 7. The van der Waals surface area contributed by atoms with Crippen molar-refractivity contribution in [3.8, 4) is 11.3 Å². The van der Waals surface area contributed by atoms with Crippen LogP contribution in [0.5, 0.6) is 0 Å². The van der Waals surface area contributed by atoms with Gasteiger partial charge in [0.15, 0.2) is 5.13 Å². The zero-order valence-electron chi connectivity index (χ0n) is 25.9. The van der Waals surface area contributed by atoms with Gasteiger partial charge >= 0.3 is 5.97 Å². The van der Waals surface area contributed by atoms with E-state index < -0.39 is 62.7 Å². The predicted molar refractivity (Wildman–Crippen MR) is 172 cm³/mol. The van der Waals surface area contributed by atoms with E-state index in [0.717, 1.165) is 24.8 Å². The van der Waals surface area contributed by atoms with Crippen LogP contribution in [0.1, 0.15) is 64.7 Å². The fraction of sp³-hybridized carbons (Fsp3) is 0.531. The van der Waals surface area contributed by atoms with Crippen LogP contribution in [-0.2, 0) is 33.9 Å². The number of nitrogens with one attached hydrogen (secondary N) is 3. The number of hydrogen-bond donors (Lipinski definition) is 3. The molecule has 4 aliphatic rings. The quantitative estimate of drug-likeness (QED) is 0.293. The number of thiazole rings is 1. The molecule has 2 saturated carbocycles. The number of halogens is 1. The summed E-state index contributed by atoms with van der Waals surface area (Å²) in [5.41, 5.74) is -0.133. The fourth-order valence-corrected chi connectivity index (χ4v) is 8.46. The van der Waals surface area contributed by atoms with Gasteiger partial charge in [-0.2, -0.15) is 0 Å². The number of allylic oxidation sites excluding steroid dienone is 1. The largest absolute Gasteiger partial charge is 0.461 e. The highest BCUT2D eigenvalue weighted by Crippen LogP contribution is 2.46. The van der Waals surface area contributed by atoms with Crippen molar-refractivity contribution in [1.82, 2.24) is 19.9 Å². The van der Waals surface area contributed by atoms with Crippen molar-refractivity contribution in [2.45, 2.75) is 93.7 Å². The average molecular weight is 688 g/mol. The lowest BCUT2D eigenvalue weighted by molar-refractivity contribution is -0.146. The molecule has 1 aromatic heterocycles. The molecular weight excluding hydrogens is 650 g/mol.